The quantitative estimate of drug-likeness (QED) is 0.762. The van der Waals surface area contributed by atoms with Crippen molar-refractivity contribution in [2.24, 2.45) is 11.8 Å². The first-order valence-corrected chi connectivity index (χ1v) is 10.8. The molecule has 5 nitrogen and oxygen atoms in total. The van der Waals surface area contributed by atoms with E-state index in [1.807, 2.05) is 19.9 Å². The van der Waals surface area contributed by atoms with E-state index in [1.165, 1.54) is 5.56 Å². The molecule has 1 aliphatic heterocycles. The van der Waals surface area contributed by atoms with Crippen molar-refractivity contribution in [3.8, 4) is 11.3 Å². The molecule has 1 fully saturated rings. The second-order valence-electron chi connectivity index (χ2n) is 9.65. The molecule has 0 saturated carbocycles. The molecule has 1 aliphatic rings. The molecule has 0 unspecified atom stereocenters. The van der Waals surface area contributed by atoms with E-state index in [1.54, 1.807) is 0 Å². The van der Waals surface area contributed by atoms with Crippen molar-refractivity contribution in [1.82, 2.24) is 15.8 Å². The maximum atomic E-state index is 12.2. The monoisotopic (exact) mass is 397 g/mol. The standard InChI is InChI=1S/C24H35N3O2/c1-16(2)26-23(28)13-18-10-11-25-15-19(18)12-21-14-22(29-27-21)17-6-8-20(9-7-17)24(3,4)5/h6-9,14,16,18-19,25H,10-13,15H2,1-5H3,(H,26,28)/t18-,19-/m0/s1. The molecule has 1 aromatic heterocycles. The van der Waals surface area contributed by atoms with Gasteiger partial charge < -0.3 is 15.2 Å². The predicted molar refractivity (Wildman–Crippen MR) is 117 cm³/mol. The average Bonchev–Trinajstić information content (AvgIpc) is 3.10. The van der Waals surface area contributed by atoms with Crippen LogP contribution in [0.5, 0.6) is 0 Å². The SMILES string of the molecule is CC(C)NC(=O)C[C@@H]1CCNC[C@@H]1Cc1cc(-c2ccc(C(C)(C)C)cc2)on1. The molecule has 1 saturated heterocycles. The number of aromatic nitrogens is 1. The van der Waals surface area contributed by atoms with Gasteiger partial charge in [-0.2, -0.15) is 0 Å². The molecule has 158 valence electrons. The first-order chi connectivity index (χ1) is 13.7. The van der Waals surface area contributed by atoms with Crippen molar-refractivity contribution in [2.45, 2.75) is 65.3 Å². The number of hydrogen-bond acceptors (Lipinski definition) is 4. The summed E-state index contributed by atoms with van der Waals surface area (Å²) < 4.78 is 5.64. The first kappa shape index (κ1) is 21.6. The number of rotatable bonds is 6. The molecule has 3 rings (SSSR count). The van der Waals surface area contributed by atoms with E-state index in [9.17, 15) is 4.79 Å². The Kier molecular flexibility index (Phi) is 6.78. The van der Waals surface area contributed by atoms with E-state index in [-0.39, 0.29) is 17.4 Å². The van der Waals surface area contributed by atoms with Gasteiger partial charge >= 0.3 is 0 Å². The molecule has 0 radical (unpaired) electrons. The zero-order valence-corrected chi connectivity index (χ0v) is 18.4. The summed E-state index contributed by atoms with van der Waals surface area (Å²) in [5.41, 5.74) is 3.45. The predicted octanol–water partition coefficient (Wildman–Crippen LogP) is 4.32. The Bertz CT molecular complexity index is 802. The van der Waals surface area contributed by atoms with Crippen LogP contribution in [-0.4, -0.2) is 30.2 Å². The number of benzene rings is 1. The lowest BCUT2D eigenvalue weighted by molar-refractivity contribution is -0.123. The summed E-state index contributed by atoms with van der Waals surface area (Å²) in [4.78, 5) is 12.2. The summed E-state index contributed by atoms with van der Waals surface area (Å²) in [5.74, 6) is 1.72. The fourth-order valence-corrected chi connectivity index (χ4v) is 4.05. The third-order valence-electron chi connectivity index (χ3n) is 5.73. The maximum absolute atomic E-state index is 12.2. The van der Waals surface area contributed by atoms with Gasteiger partial charge in [-0.15, -0.1) is 0 Å². The minimum absolute atomic E-state index is 0.135. The molecule has 2 aromatic rings. The van der Waals surface area contributed by atoms with Crippen LogP contribution in [0.4, 0.5) is 0 Å². The average molecular weight is 398 g/mol. The van der Waals surface area contributed by atoms with Crippen molar-refractivity contribution >= 4 is 5.91 Å². The van der Waals surface area contributed by atoms with Crippen molar-refractivity contribution < 1.29 is 9.32 Å². The summed E-state index contributed by atoms with van der Waals surface area (Å²) in [5, 5.41) is 10.8. The van der Waals surface area contributed by atoms with E-state index in [2.05, 4.69) is 60.8 Å². The minimum atomic E-state index is 0.135. The van der Waals surface area contributed by atoms with Crippen LogP contribution in [0.2, 0.25) is 0 Å². The minimum Gasteiger partial charge on any atom is -0.356 e. The lowest BCUT2D eigenvalue weighted by Gasteiger charge is -2.31. The Morgan fingerprint density at radius 1 is 1.24 bits per heavy atom. The third-order valence-corrected chi connectivity index (χ3v) is 5.73. The van der Waals surface area contributed by atoms with Gasteiger partial charge in [-0.1, -0.05) is 50.2 Å². The highest BCUT2D eigenvalue weighted by molar-refractivity contribution is 5.76. The lowest BCUT2D eigenvalue weighted by Crippen LogP contribution is -2.41. The number of nitrogens with zero attached hydrogens (tertiary/aromatic N) is 1. The van der Waals surface area contributed by atoms with Crippen LogP contribution in [0.25, 0.3) is 11.3 Å². The molecular weight excluding hydrogens is 362 g/mol. The topological polar surface area (TPSA) is 67.2 Å². The smallest absolute Gasteiger partial charge is 0.220 e. The number of hydrogen-bond donors (Lipinski definition) is 2. The van der Waals surface area contributed by atoms with Gasteiger partial charge in [0, 0.05) is 24.1 Å². The number of amides is 1. The maximum Gasteiger partial charge on any atom is 0.220 e. The molecule has 2 N–H and O–H groups in total. The third kappa shape index (κ3) is 5.92. The van der Waals surface area contributed by atoms with Crippen LogP contribution in [0, 0.1) is 11.8 Å². The fourth-order valence-electron chi connectivity index (χ4n) is 4.05. The van der Waals surface area contributed by atoms with E-state index >= 15 is 0 Å². The largest absolute Gasteiger partial charge is 0.356 e. The molecule has 5 heteroatoms. The number of piperidine rings is 1. The van der Waals surface area contributed by atoms with Gasteiger partial charge in [0.2, 0.25) is 5.91 Å². The fraction of sp³-hybridized carbons (Fsp3) is 0.583. The summed E-state index contributed by atoms with van der Waals surface area (Å²) in [6.45, 7) is 12.5. The Balaban J connectivity index is 1.65. The van der Waals surface area contributed by atoms with E-state index in [0.29, 0.717) is 18.3 Å². The second kappa shape index (κ2) is 9.12. The molecule has 2 heterocycles. The van der Waals surface area contributed by atoms with Gasteiger partial charge in [0.1, 0.15) is 0 Å². The number of nitrogens with one attached hydrogen (secondary N) is 2. The van der Waals surface area contributed by atoms with Crippen molar-refractivity contribution in [1.29, 1.82) is 0 Å². The van der Waals surface area contributed by atoms with Crippen molar-refractivity contribution in [3.63, 3.8) is 0 Å². The Hall–Kier alpha value is -2.14. The Morgan fingerprint density at radius 3 is 2.62 bits per heavy atom. The number of carbonyl (C=O) groups is 1. The lowest BCUT2D eigenvalue weighted by atomic mass is 9.81. The van der Waals surface area contributed by atoms with Gasteiger partial charge in [-0.3, -0.25) is 4.79 Å². The van der Waals surface area contributed by atoms with Crippen molar-refractivity contribution in [3.05, 3.63) is 41.6 Å². The Morgan fingerprint density at radius 2 is 1.97 bits per heavy atom. The van der Waals surface area contributed by atoms with Gasteiger partial charge in [0.05, 0.1) is 5.69 Å². The zero-order valence-electron chi connectivity index (χ0n) is 18.4. The summed E-state index contributed by atoms with van der Waals surface area (Å²) in [7, 11) is 0. The summed E-state index contributed by atoms with van der Waals surface area (Å²) >= 11 is 0. The molecule has 0 spiro atoms. The van der Waals surface area contributed by atoms with E-state index in [0.717, 1.165) is 42.9 Å². The molecule has 1 amide bonds. The normalized spacial score (nSPS) is 20.1. The van der Waals surface area contributed by atoms with Gasteiger partial charge in [0.25, 0.3) is 0 Å². The van der Waals surface area contributed by atoms with Crippen LogP contribution in [0.15, 0.2) is 34.9 Å². The highest BCUT2D eigenvalue weighted by atomic mass is 16.5. The highest BCUT2D eigenvalue weighted by Gasteiger charge is 2.28. The van der Waals surface area contributed by atoms with Crippen LogP contribution >= 0.6 is 0 Å². The summed E-state index contributed by atoms with van der Waals surface area (Å²) in [6, 6.07) is 10.8. The van der Waals surface area contributed by atoms with Crippen LogP contribution < -0.4 is 10.6 Å². The van der Waals surface area contributed by atoms with Gasteiger partial charge in [0.15, 0.2) is 5.76 Å². The van der Waals surface area contributed by atoms with E-state index < -0.39 is 0 Å². The molecule has 29 heavy (non-hydrogen) atoms. The first-order valence-electron chi connectivity index (χ1n) is 10.8. The van der Waals surface area contributed by atoms with Crippen molar-refractivity contribution in [2.75, 3.05) is 13.1 Å². The molecule has 1 aromatic carbocycles. The van der Waals surface area contributed by atoms with Crippen LogP contribution in [-0.2, 0) is 16.6 Å². The molecule has 0 aliphatic carbocycles. The Labute approximate surface area is 174 Å². The van der Waals surface area contributed by atoms with E-state index in [4.69, 9.17) is 4.52 Å². The molecule has 0 bridgehead atoms. The second-order valence-corrected chi connectivity index (χ2v) is 9.65. The summed E-state index contributed by atoms with van der Waals surface area (Å²) in [6.07, 6.45) is 2.44. The van der Waals surface area contributed by atoms with Crippen LogP contribution in [0.1, 0.15) is 58.7 Å². The molecule has 2 atom stereocenters. The highest BCUT2D eigenvalue weighted by Crippen LogP contribution is 2.29. The van der Waals surface area contributed by atoms with Gasteiger partial charge in [-0.25, -0.2) is 0 Å². The van der Waals surface area contributed by atoms with Gasteiger partial charge in [-0.05, 0) is 62.6 Å². The molecular formula is C24H35N3O2. The van der Waals surface area contributed by atoms with Crippen LogP contribution in [0.3, 0.4) is 0 Å². The zero-order chi connectivity index (χ0) is 21.0. The number of carbonyl (C=O) groups excluding carboxylic acids is 1.